The number of aliphatic imine (C=N–C) groups is 1. The second-order valence-electron chi connectivity index (χ2n) is 6.12. The number of aryl methyl sites for hydroxylation is 1. The van der Waals surface area contributed by atoms with E-state index in [0.717, 1.165) is 40.8 Å². The minimum absolute atomic E-state index is 0.615. The highest BCUT2D eigenvalue weighted by molar-refractivity contribution is 8.15. The molecule has 0 saturated carbocycles. The minimum atomic E-state index is 0.615. The maximum atomic E-state index is 4.55. The van der Waals surface area contributed by atoms with Crippen LogP contribution in [0.15, 0.2) is 58.6 Å². The summed E-state index contributed by atoms with van der Waals surface area (Å²) in [6.07, 6.45) is 1.15. The van der Waals surface area contributed by atoms with Gasteiger partial charge in [0.1, 0.15) is 0 Å². The molecule has 1 heterocycles. The van der Waals surface area contributed by atoms with Gasteiger partial charge in [-0.05, 0) is 49.6 Å². The molecule has 2 aromatic rings. The summed E-state index contributed by atoms with van der Waals surface area (Å²) in [7, 11) is 0. The molecule has 25 heavy (non-hydrogen) atoms. The van der Waals surface area contributed by atoms with Crippen LogP contribution in [0, 0.1) is 6.92 Å². The van der Waals surface area contributed by atoms with Gasteiger partial charge in [-0.1, -0.05) is 49.0 Å². The Morgan fingerprint density at radius 2 is 1.96 bits per heavy atom. The number of benzene rings is 2. The van der Waals surface area contributed by atoms with E-state index in [9.17, 15) is 0 Å². The number of nitrogens with zero attached hydrogens (tertiary/aromatic N) is 2. The van der Waals surface area contributed by atoms with Crippen LogP contribution in [-0.2, 0) is 0 Å². The molecular weight excluding hydrogens is 328 g/mol. The van der Waals surface area contributed by atoms with E-state index < -0.39 is 0 Å². The molecule has 0 amide bonds. The van der Waals surface area contributed by atoms with E-state index in [1.165, 1.54) is 5.56 Å². The van der Waals surface area contributed by atoms with Crippen molar-refractivity contribution in [1.82, 2.24) is 0 Å². The summed E-state index contributed by atoms with van der Waals surface area (Å²) in [6.45, 7) is 7.20. The molecule has 1 atom stereocenters. The van der Waals surface area contributed by atoms with Crippen LogP contribution in [0.5, 0.6) is 0 Å². The summed E-state index contributed by atoms with van der Waals surface area (Å²) in [6, 6.07) is 16.4. The van der Waals surface area contributed by atoms with Gasteiger partial charge in [0.05, 0.1) is 17.9 Å². The molecule has 0 saturated heterocycles. The van der Waals surface area contributed by atoms with Crippen molar-refractivity contribution in [2.45, 2.75) is 32.4 Å². The van der Waals surface area contributed by atoms with Crippen LogP contribution in [-0.4, -0.2) is 22.7 Å². The Bertz CT molecular complexity index is 781. The van der Waals surface area contributed by atoms with E-state index in [2.05, 4.69) is 65.0 Å². The zero-order valence-electron chi connectivity index (χ0n) is 14.9. The second-order valence-corrected chi connectivity index (χ2v) is 7.41. The monoisotopic (exact) mass is 352 g/mol. The smallest absolute Gasteiger partial charge is 0.161 e. The lowest BCUT2D eigenvalue weighted by Gasteiger charge is -2.09. The third-order valence-electron chi connectivity index (χ3n) is 4.22. The lowest BCUT2D eigenvalue weighted by atomic mass is 10.1. The first-order valence-electron chi connectivity index (χ1n) is 8.60. The fraction of sp³-hybridized carbons (Fsp3) is 0.300. The number of amidine groups is 1. The van der Waals surface area contributed by atoms with E-state index in [1.807, 2.05) is 36.9 Å². The highest BCUT2D eigenvalue weighted by Crippen LogP contribution is 2.24. The van der Waals surface area contributed by atoms with Crippen LogP contribution >= 0.6 is 11.8 Å². The number of anilines is 2. The van der Waals surface area contributed by atoms with Gasteiger partial charge in [-0.25, -0.2) is 0 Å². The predicted octanol–water partition coefficient (Wildman–Crippen LogP) is 5.12. The highest BCUT2D eigenvalue weighted by Gasteiger charge is 2.17. The standard InChI is InChI=1S/C20H24N4S/c1-4-18-13-21-20(25-18)22-17-11-9-16(10-12-17)15(3)23-24-19-8-6-5-7-14(19)2/h5-12,18,24H,4,13H2,1-3H3,(H,21,22)/b23-15-/t18-/m1/s1. The van der Waals surface area contributed by atoms with Gasteiger partial charge in [0.15, 0.2) is 5.17 Å². The van der Waals surface area contributed by atoms with Crippen molar-refractivity contribution in [2.75, 3.05) is 17.3 Å². The third-order valence-corrected chi connectivity index (χ3v) is 5.49. The van der Waals surface area contributed by atoms with Gasteiger partial charge in [-0.3, -0.25) is 10.4 Å². The van der Waals surface area contributed by atoms with Crippen molar-refractivity contribution in [3.8, 4) is 0 Å². The molecule has 0 fully saturated rings. The summed E-state index contributed by atoms with van der Waals surface area (Å²) in [5, 5.41) is 9.53. The van der Waals surface area contributed by atoms with Crippen molar-refractivity contribution in [1.29, 1.82) is 0 Å². The van der Waals surface area contributed by atoms with E-state index in [1.54, 1.807) is 0 Å². The number of thioether (sulfide) groups is 1. The van der Waals surface area contributed by atoms with Crippen LogP contribution in [0.4, 0.5) is 11.4 Å². The van der Waals surface area contributed by atoms with Gasteiger partial charge in [0.25, 0.3) is 0 Å². The van der Waals surface area contributed by atoms with E-state index in [0.29, 0.717) is 5.25 Å². The molecule has 0 aromatic heterocycles. The Hall–Kier alpha value is -2.27. The average molecular weight is 353 g/mol. The van der Waals surface area contributed by atoms with Gasteiger partial charge < -0.3 is 5.32 Å². The molecule has 0 bridgehead atoms. The van der Waals surface area contributed by atoms with Crippen LogP contribution in [0.2, 0.25) is 0 Å². The fourth-order valence-corrected chi connectivity index (χ4v) is 3.48. The van der Waals surface area contributed by atoms with E-state index >= 15 is 0 Å². The molecule has 1 aliphatic rings. The van der Waals surface area contributed by atoms with Gasteiger partial charge in [0, 0.05) is 10.9 Å². The highest BCUT2D eigenvalue weighted by atomic mass is 32.2. The molecule has 0 aliphatic carbocycles. The third kappa shape index (κ3) is 4.63. The number of hydrogen-bond acceptors (Lipinski definition) is 5. The summed E-state index contributed by atoms with van der Waals surface area (Å²) >= 11 is 1.83. The van der Waals surface area contributed by atoms with Crippen molar-refractivity contribution in [3.05, 3.63) is 59.7 Å². The topological polar surface area (TPSA) is 48.8 Å². The first kappa shape index (κ1) is 17.5. The molecule has 4 nitrogen and oxygen atoms in total. The Kier molecular flexibility index (Phi) is 5.76. The van der Waals surface area contributed by atoms with Crippen molar-refractivity contribution < 1.29 is 0 Å². The van der Waals surface area contributed by atoms with Gasteiger partial charge >= 0.3 is 0 Å². The van der Waals surface area contributed by atoms with Crippen molar-refractivity contribution in [3.63, 3.8) is 0 Å². The predicted molar refractivity (Wildman–Crippen MR) is 111 cm³/mol. The average Bonchev–Trinajstić information content (AvgIpc) is 3.09. The molecule has 1 aliphatic heterocycles. The van der Waals surface area contributed by atoms with Crippen LogP contribution in [0.3, 0.4) is 0 Å². The van der Waals surface area contributed by atoms with Crippen LogP contribution in [0.1, 0.15) is 31.4 Å². The van der Waals surface area contributed by atoms with E-state index in [-0.39, 0.29) is 0 Å². The van der Waals surface area contributed by atoms with E-state index in [4.69, 9.17) is 0 Å². The largest absolute Gasteiger partial charge is 0.335 e. The Morgan fingerprint density at radius 3 is 2.64 bits per heavy atom. The Morgan fingerprint density at radius 1 is 1.20 bits per heavy atom. The second kappa shape index (κ2) is 8.21. The molecule has 2 aromatic carbocycles. The van der Waals surface area contributed by atoms with Crippen molar-refractivity contribution in [2.24, 2.45) is 10.1 Å². The maximum Gasteiger partial charge on any atom is 0.161 e. The van der Waals surface area contributed by atoms with Crippen LogP contribution < -0.4 is 10.7 Å². The Balaban J connectivity index is 1.62. The zero-order chi connectivity index (χ0) is 17.6. The molecule has 130 valence electrons. The van der Waals surface area contributed by atoms with Gasteiger partial charge in [-0.15, -0.1) is 0 Å². The number of nitrogens with one attached hydrogen (secondary N) is 2. The quantitative estimate of drug-likeness (QED) is 0.580. The summed E-state index contributed by atoms with van der Waals surface area (Å²) in [4.78, 5) is 4.55. The molecule has 0 unspecified atom stereocenters. The maximum absolute atomic E-state index is 4.55. The SMILES string of the molecule is CC[C@@H]1CN=C(Nc2ccc(/C(C)=N\Nc3ccccc3C)cc2)S1. The van der Waals surface area contributed by atoms with Gasteiger partial charge in [0.2, 0.25) is 0 Å². The minimum Gasteiger partial charge on any atom is -0.335 e. The normalized spacial score (nSPS) is 17.3. The van der Waals surface area contributed by atoms with Crippen molar-refractivity contribution >= 4 is 34.0 Å². The molecule has 5 heteroatoms. The summed E-state index contributed by atoms with van der Waals surface area (Å²) in [5.74, 6) is 0. The number of para-hydroxylation sites is 1. The molecule has 3 rings (SSSR count). The molecule has 0 spiro atoms. The molecule has 0 radical (unpaired) electrons. The molecule has 2 N–H and O–H groups in total. The number of rotatable bonds is 5. The first-order valence-corrected chi connectivity index (χ1v) is 9.48. The number of hydrogen-bond donors (Lipinski definition) is 2. The summed E-state index contributed by atoms with van der Waals surface area (Å²) < 4.78 is 0. The summed E-state index contributed by atoms with van der Waals surface area (Å²) in [5.41, 5.74) is 8.46. The number of hydrazone groups is 1. The van der Waals surface area contributed by atoms with Crippen LogP contribution in [0.25, 0.3) is 0 Å². The lowest BCUT2D eigenvalue weighted by molar-refractivity contribution is 0.843. The first-order chi connectivity index (χ1) is 12.2. The Labute approximate surface area is 153 Å². The fourth-order valence-electron chi connectivity index (χ4n) is 2.52. The lowest BCUT2D eigenvalue weighted by Crippen LogP contribution is -2.07. The zero-order valence-corrected chi connectivity index (χ0v) is 15.7. The van der Waals surface area contributed by atoms with Gasteiger partial charge in [-0.2, -0.15) is 5.10 Å². The molecular formula is C20H24N4S.